The van der Waals surface area contributed by atoms with Crippen LogP contribution in [0, 0.1) is 0 Å². The Kier molecular flexibility index (Phi) is 3.94. The lowest BCUT2D eigenvalue weighted by Gasteiger charge is -2.03. The molecule has 0 saturated heterocycles. The Morgan fingerprint density at radius 3 is 2.64 bits per heavy atom. The minimum Gasteiger partial charge on any atom is -0.496 e. The highest BCUT2D eigenvalue weighted by Gasteiger charge is 2.25. The van der Waals surface area contributed by atoms with Gasteiger partial charge in [0.2, 0.25) is 5.90 Å². The lowest BCUT2D eigenvalue weighted by molar-refractivity contribution is -0.129. The molecule has 0 radical (unpaired) electrons. The van der Waals surface area contributed by atoms with Crippen molar-refractivity contribution in [3.63, 3.8) is 0 Å². The summed E-state index contributed by atoms with van der Waals surface area (Å²) in [5.41, 5.74) is 1.54. The van der Waals surface area contributed by atoms with Crippen LogP contribution < -0.4 is 4.74 Å². The zero-order chi connectivity index (χ0) is 15.5. The van der Waals surface area contributed by atoms with Gasteiger partial charge in [0, 0.05) is 5.56 Å². The molecular weight excluding hydrogens is 302 g/mol. The second-order valence-corrected chi connectivity index (χ2v) is 4.97. The number of aliphatic imine (C=N–C) groups is 1. The first-order chi connectivity index (χ1) is 10.7. The first-order valence-electron chi connectivity index (χ1n) is 6.59. The van der Waals surface area contributed by atoms with E-state index in [0.29, 0.717) is 16.3 Å². The van der Waals surface area contributed by atoms with Crippen LogP contribution in [0.3, 0.4) is 0 Å². The number of hydrogen-bond acceptors (Lipinski definition) is 4. The first-order valence-corrected chi connectivity index (χ1v) is 6.97. The Bertz CT molecular complexity index is 796. The Morgan fingerprint density at radius 1 is 1.14 bits per heavy atom. The molecule has 0 saturated carbocycles. The van der Waals surface area contributed by atoms with Gasteiger partial charge in [-0.25, -0.2) is 9.79 Å². The average Bonchev–Trinajstić information content (AvgIpc) is 2.89. The number of nitrogens with zero attached hydrogens (tertiary/aromatic N) is 1. The minimum absolute atomic E-state index is 0.205. The van der Waals surface area contributed by atoms with Gasteiger partial charge in [0.1, 0.15) is 5.75 Å². The van der Waals surface area contributed by atoms with Crippen LogP contribution in [-0.2, 0) is 9.53 Å². The van der Waals surface area contributed by atoms with Crippen molar-refractivity contribution < 1.29 is 14.3 Å². The van der Waals surface area contributed by atoms with Gasteiger partial charge in [0.05, 0.1) is 17.7 Å². The number of cyclic esters (lactones) is 1. The number of esters is 1. The summed E-state index contributed by atoms with van der Waals surface area (Å²) in [5.74, 6) is 0.349. The van der Waals surface area contributed by atoms with Gasteiger partial charge in [0.15, 0.2) is 5.70 Å². The Hall–Kier alpha value is -2.59. The highest BCUT2D eigenvalue weighted by molar-refractivity contribution is 6.34. The summed E-state index contributed by atoms with van der Waals surface area (Å²) in [5, 5.41) is 0.479. The molecular formula is C17H12ClNO3. The van der Waals surface area contributed by atoms with E-state index in [-0.39, 0.29) is 11.6 Å². The van der Waals surface area contributed by atoms with Gasteiger partial charge in [-0.05, 0) is 24.3 Å². The van der Waals surface area contributed by atoms with Crippen molar-refractivity contribution in [2.45, 2.75) is 0 Å². The van der Waals surface area contributed by atoms with E-state index in [2.05, 4.69) is 4.99 Å². The molecule has 1 aliphatic rings. The van der Waals surface area contributed by atoms with Gasteiger partial charge in [0.25, 0.3) is 0 Å². The summed E-state index contributed by atoms with van der Waals surface area (Å²) in [4.78, 5) is 16.2. The van der Waals surface area contributed by atoms with Gasteiger partial charge in [-0.3, -0.25) is 0 Å². The quantitative estimate of drug-likeness (QED) is 0.641. The number of carbonyl (C=O) groups excluding carboxylic acids is 1. The van der Waals surface area contributed by atoms with E-state index in [4.69, 9.17) is 21.1 Å². The molecule has 3 rings (SSSR count). The van der Waals surface area contributed by atoms with E-state index in [1.165, 1.54) is 0 Å². The number of para-hydroxylation sites is 1. The smallest absolute Gasteiger partial charge is 0.363 e. The second kappa shape index (κ2) is 6.03. The predicted octanol–water partition coefficient (Wildman–Crippen LogP) is 3.69. The highest BCUT2D eigenvalue weighted by Crippen LogP contribution is 2.26. The maximum atomic E-state index is 12.0. The van der Waals surface area contributed by atoms with Gasteiger partial charge >= 0.3 is 5.97 Å². The predicted molar refractivity (Wildman–Crippen MR) is 85.1 cm³/mol. The van der Waals surface area contributed by atoms with E-state index in [9.17, 15) is 4.79 Å². The number of benzene rings is 2. The van der Waals surface area contributed by atoms with Gasteiger partial charge < -0.3 is 9.47 Å². The van der Waals surface area contributed by atoms with Crippen molar-refractivity contribution in [3.05, 3.63) is 70.4 Å². The van der Waals surface area contributed by atoms with Crippen LogP contribution in [0.5, 0.6) is 5.75 Å². The number of ether oxygens (including phenoxy) is 2. The molecule has 1 heterocycles. The zero-order valence-corrected chi connectivity index (χ0v) is 12.5. The van der Waals surface area contributed by atoms with Crippen LogP contribution >= 0.6 is 11.6 Å². The lowest BCUT2D eigenvalue weighted by Crippen LogP contribution is -2.05. The fourth-order valence-electron chi connectivity index (χ4n) is 2.09. The lowest BCUT2D eigenvalue weighted by atomic mass is 10.1. The number of carbonyl (C=O) groups is 1. The summed E-state index contributed by atoms with van der Waals surface area (Å²) in [6.45, 7) is 0. The van der Waals surface area contributed by atoms with Crippen LogP contribution in [0.25, 0.3) is 6.08 Å². The molecule has 4 nitrogen and oxygen atoms in total. The largest absolute Gasteiger partial charge is 0.496 e. The number of rotatable bonds is 3. The van der Waals surface area contributed by atoms with Gasteiger partial charge in [-0.1, -0.05) is 41.9 Å². The molecule has 0 atom stereocenters. The van der Waals surface area contributed by atoms with E-state index in [1.807, 2.05) is 24.3 Å². The molecule has 0 fully saturated rings. The van der Waals surface area contributed by atoms with Crippen LogP contribution in [0.4, 0.5) is 0 Å². The molecule has 0 unspecified atom stereocenters. The maximum absolute atomic E-state index is 12.0. The summed E-state index contributed by atoms with van der Waals surface area (Å²) in [6, 6.07) is 14.4. The third-order valence-electron chi connectivity index (χ3n) is 3.16. The van der Waals surface area contributed by atoms with E-state index in [1.54, 1.807) is 37.5 Å². The van der Waals surface area contributed by atoms with Crippen molar-refractivity contribution in [2.24, 2.45) is 4.99 Å². The van der Waals surface area contributed by atoms with Crippen molar-refractivity contribution in [1.82, 2.24) is 0 Å². The Labute approximate surface area is 132 Å². The molecule has 0 amide bonds. The van der Waals surface area contributed by atoms with Gasteiger partial charge in [-0.2, -0.15) is 0 Å². The number of halogens is 1. The summed E-state index contributed by atoms with van der Waals surface area (Å²) < 4.78 is 10.5. The van der Waals surface area contributed by atoms with Crippen molar-refractivity contribution in [1.29, 1.82) is 0 Å². The molecule has 0 spiro atoms. The molecule has 2 aromatic carbocycles. The molecule has 0 aliphatic carbocycles. The summed E-state index contributed by atoms with van der Waals surface area (Å²) in [7, 11) is 1.57. The molecule has 110 valence electrons. The standard InChI is InChI=1S/C17H12ClNO3/c1-21-15-9-5-2-6-11(15)10-14-17(20)22-16(19-14)12-7-3-4-8-13(12)18/h2-10H,1H3/b14-10+. The maximum Gasteiger partial charge on any atom is 0.363 e. The molecule has 22 heavy (non-hydrogen) atoms. The second-order valence-electron chi connectivity index (χ2n) is 4.56. The fourth-order valence-corrected chi connectivity index (χ4v) is 2.31. The van der Waals surface area contributed by atoms with Crippen LogP contribution in [0.2, 0.25) is 5.02 Å². The van der Waals surface area contributed by atoms with Crippen molar-refractivity contribution in [2.75, 3.05) is 7.11 Å². The summed E-state index contributed by atoms with van der Waals surface area (Å²) >= 11 is 6.10. The monoisotopic (exact) mass is 313 g/mol. The zero-order valence-electron chi connectivity index (χ0n) is 11.7. The normalized spacial score (nSPS) is 15.6. The Morgan fingerprint density at radius 2 is 1.86 bits per heavy atom. The molecule has 1 aliphatic heterocycles. The number of hydrogen-bond donors (Lipinski definition) is 0. The first kappa shape index (κ1) is 14.4. The van der Waals surface area contributed by atoms with Crippen LogP contribution in [0.1, 0.15) is 11.1 Å². The van der Waals surface area contributed by atoms with E-state index < -0.39 is 5.97 Å². The van der Waals surface area contributed by atoms with Crippen LogP contribution in [0.15, 0.2) is 59.2 Å². The Balaban J connectivity index is 2.00. The highest BCUT2D eigenvalue weighted by atomic mass is 35.5. The van der Waals surface area contributed by atoms with E-state index >= 15 is 0 Å². The topological polar surface area (TPSA) is 47.9 Å². The van der Waals surface area contributed by atoms with Crippen molar-refractivity contribution >= 4 is 29.5 Å². The van der Waals surface area contributed by atoms with Crippen molar-refractivity contribution in [3.8, 4) is 5.75 Å². The molecule has 5 heteroatoms. The molecule has 2 aromatic rings. The summed E-state index contributed by atoms with van der Waals surface area (Å²) in [6.07, 6.45) is 1.63. The molecule has 0 bridgehead atoms. The molecule has 0 aromatic heterocycles. The number of methoxy groups -OCH3 is 1. The molecule has 0 N–H and O–H groups in total. The van der Waals surface area contributed by atoms with E-state index in [0.717, 1.165) is 5.56 Å². The average molecular weight is 314 g/mol. The SMILES string of the molecule is COc1ccccc1/C=C1/N=C(c2ccccc2Cl)OC1=O. The van der Waals surface area contributed by atoms with Crippen LogP contribution in [-0.4, -0.2) is 19.0 Å². The fraction of sp³-hybridized carbons (Fsp3) is 0.0588. The minimum atomic E-state index is -0.513. The third-order valence-corrected chi connectivity index (χ3v) is 3.49. The van der Waals surface area contributed by atoms with Gasteiger partial charge in [-0.15, -0.1) is 0 Å². The third kappa shape index (κ3) is 2.73.